The molecule has 0 aliphatic carbocycles. The fourth-order valence-corrected chi connectivity index (χ4v) is 2.07. The maximum Gasteiger partial charge on any atom is 0.0726 e. The average molecular weight is 219 g/mol. The summed E-state index contributed by atoms with van der Waals surface area (Å²) in [5.41, 5.74) is 3.09. The molecular weight excluding hydrogens is 201 g/mol. The zero-order valence-electron chi connectivity index (χ0n) is 10.2. The van der Waals surface area contributed by atoms with E-state index in [1.165, 1.54) is 5.56 Å². The van der Waals surface area contributed by atoms with E-state index in [2.05, 4.69) is 33.3 Å². The molecule has 0 bridgehead atoms. The molecule has 0 spiro atoms. The molecule has 0 aromatic heterocycles. The number of nitrogens with zero attached hydrogens (tertiary/aromatic N) is 1. The summed E-state index contributed by atoms with van der Waals surface area (Å²) >= 11 is 0. The van der Waals surface area contributed by atoms with E-state index in [0.717, 1.165) is 17.1 Å². The molecule has 1 aliphatic rings. The maximum absolute atomic E-state index is 13.4. The van der Waals surface area contributed by atoms with Crippen LogP contribution in [-0.2, 0) is 6.42 Å². The summed E-state index contributed by atoms with van der Waals surface area (Å²) in [6, 6.07) is 5.94. The number of hydrogen-bond acceptors (Lipinski definition) is 1. The molecule has 0 N–H and O–H groups in total. The van der Waals surface area contributed by atoms with Gasteiger partial charge < -0.3 is 0 Å². The predicted octanol–water partition coefficient (Wildman–Crippen LogP) is 3.80. The van der Waals surface area contributed by atoms with Gasteiger partial charge in [0, 0.05) is 6.42 Å². The van der Waals surface area contributed by atoms with E-state index in [9.17, 15) is 4.48 Å². The summed E-state index contributed by atoms with van der Waals surface area (Å²) in [5, 5.41) is 0.812. The van der Waals surface area contributed by atoms with E-state index in [1.54, 1.807) is 0 Å². The van der Waals surface area contributed by atoms with Crippen LogP contribution in [-0.4, -0.2) is 6.54 Å². The van der Waals surface area contributed by atoms with Crippen LogP contribution in [0.4, 0.5) is 10.2 Å². The van der Waals surface area contributed by atoms with Gasteiger partial charge in [-0.25, -0.2) is 5.12 Å². The zero-order chi connectivity index (χ0) is 11.8. The second-order valence-corrected chi connectivity index (χ2v) is 5.60. The number of hydrogen-bond donors (Lipinski definition) is 0. The van der Waals surface area contributed by atoms with E-state index in [1.807, 2.05) is 12.1 Å². The van der Waals surface area contributed by atoms with Crippen molar-refractivity contribution in [2.75, 3.05) is 11.7 Å². The van der Waals surface area contributed by atoms with Crippen LogP contribution < -0.4 is 5.12 Å². The van der Waals surface area contributed by atoms with Crippen molar-refractivity contribution in [2.45, 2.75) is 33.6 Å². The molecule has 1 aromatic carbocycles. The Morgan fingerprint density at radius 3 is 2.81 bits per heavy atom. The Bertz CT molecular complexity index is 379. The molecule has 2 rings (SSSR count). The van der Waals surface area contributed by atoms with Crippen molar-refractivity contribution in [1.82, 2.24) is 0 Å². The van der Waals surface area contributed by atoms with Gasteiger partial charge in [0.1, 0.15) is 0 Å². The molecule has 1 aliphatic heterocycles. The minimum atomic E-state index is 0.262. The van der Waals surface area contributed by atoms with Crippen LogP contribution in [0.15, 0.2) is 18.2 Å². The normalized spacial score (nSPS) is 16.1. The Morgan fingerprint density at radius 1 is 1.38 bits per heavy atom. The summed E-state index contributed by atoms with van der Waals surface area (Å²) in [6.45, 7) is 7.05. The fraction of sp³-hybridized carbons (Fsp3) is 0.500. The molecule has 0 unspecified atom stereocenters. The van der Waals surface area contributed by atoms with Gasteiger partial charge in [-0.2, -0.15) is 0 Å². The number of halogens is 1. The minimum Gasteiger partial charge on any atom is -0.211 e. The molecule has 1 heterocycles. The molecule has 0 fully saturated rings. The molecule has 16 heavy (non-hydrogen) atoms. The van der Waals surface area contributed by atoms with Gasteiger partial charge in [0.05, 0.1) is 12.2 Å². The van der Waals surface area contributed by atoms with Crippen LogP contribution in [0, 0.1) is 11.8 Å². The minimum absolute atomic E-state index is 0.262. The van der Waals surface area contributed by atoms with Crippen molar-refractivity contribution in [3.05, 3.63) is 35.7 Å². The first-order valence-electron chi connectivity index (χ1n) is 5.76. The number of benzene rings is 1. The smallest absolute Gasteiger partial charge is 0.0726 e. The Morgan fingerprint density at radius 2 is 2.12 bits per heavy atom. The lowest BCUT2D eigenvalue weighted by Gasteiger charge is -2.24. The number of anilines is 1. The molecular formula is C14H18FN. The summed E-state index contributed by atoms with van der Waals surface area (Å²) in [6.07, 6.45) is 4.91. The van der Waals surface area contributed by atoms with Crippen molar-refractivity contribution in [2.24, 2.45) is 5.41 Å². The van der Waals surface area contributed by atoms with Gasteiger partial charge in [-0.05, 0) is 35.4 Å². The van der Waals surface area contributed by atoms with Gasteiger partial charge in [-0.1, -0.05) is 37.4 Å². The lowest BCUT2D eigenvalue weighted by molar-refractivity contribution is 0.410. The number of fused-ring (bicyclic) bond motifs is 1. The summed E-state index contributed by atoms with van der Waals surface area (Å²) in [5.74, 6) is 0. The van der Waals surface area contributed by atoms with Crippen molar-refractivity contribution in [1.29, 1.82) is 0 Å². The third-order valence-electron chi connectivity index (χ3n) is 2.68. The van der Waals surface area contributed by atoms with Crippen LogP contribution in [0.1, 0.15) is 38.3 Å². The number of rotatable bonds is 1. The molecule has 0 saturated carbocycles. The molecule has 1 nitrogen and oxygen atoms in total. The van der Waals surface area contributed by atoms with E-state index in [-0.39, 0.29) is 5.41 Å². The van der Waals surface area contributed by atoms with Crippen molar-refractivity contribution in [3.8, 4) is 0 Å². The summed E-state index contributed by atoms with van der Waals surface area (Å²) in [7, 11) is 0. The molecule has 0 saturated heterocycles. The third-order valence-corrected chi connectivity index (χ3v) is 2.68. The SMILES string of the molecule is CC(C)(C)Cc1ccc2c(c1)[C]CCN2F. The second-order valence-electron chi connectivity index (χ2n) is 5.60. The Balaban J connectivity index is 2.25. The lowest BCUT2D eigenvalue weighted by Crippen LogP contribution is -2.20. The molecule has 0 amide bonds. The first-order valence-corrected chi connectivity index (χ1v) is 5.76. The second kappa shape index (κ2) is 4.08. The molecule has 0 atom stereocenters. The molecule has 2 heteroatoms. The van der Waals surface area contributed by atoms with Gasteiger partial charge in [-0.15, -0.1) is 0 Å². The monoisotopic (exact) mass is 219 g/mol. The topological polar surface area (TPSA) is 3.24 Å². The van der Waals surface area contributed by atoms with Crippen molar-refractivity contribution >= 4 is 5.69 Å². The lowest BCUT2D eigenvalue weighted by atomic mass is 9.87. The molecule has 86 valence electrons. The van der Waals surface area contributed by atoms with Crippen LogP contribution in [0.3, 0.4) is 0 Å². The highest BCUT2D eigenvalue weighted by atomic mass is 19.2. The van der Waals surface area contributed by atoms with E-state index in [0.29, 0.717) is 18.7 Å². The highest BCUT2D eigenvalue weighted by molar-refractivity contribution is 5.58. The van der Waals surface area contributed by atoms with Crippen LogP contribution >= 0.6 is 0 Å². The van der Waals surface area contributed by atoms with Gasteiger partial charge >= 0.3 is 0 Å². The zero-order valence-corrected chi connectivity index (χ0v) is 10.2. The van der Waals surface area contributed by atoms with Gasteiger partial charge in [0.25, 0.3) is 0 Å². The average Bonchev–Trinajstić information content (AvgIpc) is 2.15. The first-order chi connectivity index (χ1) is 7.46. The van der Waals surface area contributed by atoms with Gasteiger partial charge in [0.15, 0.2) is 0 Å². The maximum atomic E-state index is 13.4. The van der Waals surface area contributed by atoms with Crippen molar-refractivity contribution < 1.29 is 4.48 Å². The van der Waals surface area contributed by atoms with Crippen LogP contribution in [0.5, 0.6) is 0 Å². The predicted molar refractivity (Wildman–Crippen MR) is 65.0 cm³/mol. The van der Waals surface area contributed by atoms with Crippen LogP contribution in [0.2, 0.25) is 0 Å². The summed E-state index contributed by atoms with van der Waals surface area (Å²) < 4.78 is 13.4. The molecule has 1 aromatic rings. The Labute approximate surface area is 97.2 Å². The Kier molecular flexibility index (Phi) is 2.92. The fourth-order valence-electron chi connectivity index (χ4n) is 2.07. The Hall–Kier alpha value is -1.05. The van der Waals surface area contributed by atoms with Gasteiger partial charge in [0.2, 0.25) is 0 Å². The van der Waals surface area contributed by atoms with E-state index >= 15 is 0 Å². The third kappa shape index (κ3) is 2.55. The highest BCUT2D eigenvalue weighted by Crippen LogP contribution is 2.31. The largest absolute Gasteiger partial charge is 0.211 e. The van der Waals surface area contributed by atoms with Gasteiger partial charge in [-0.3, -0.25) is 0 Å². The standard InChI is InChI=1S/C14H18FN/c1-14(2,3)10-11-6-7-13-12(9-11)5-4-8-16(13)15/h6-7,9H,4,8,10H2,1-3H3. The first kappa shape index (κ1) is 11.4. The quantitative estimate of drug-likeness (QED) is 0.649. The van der Waals surface area contributed by atoms with E-state index in [4.69, 9.17) is 0 Å². The molecule has 2 radical (unpaired) electrons. The van der Waals surface area contributed by atoms with E-state index < -0.39 is 0 Å². The highest BCUT2D eigenvalue weighted by Gasteiger charge is 2.18. The van der Waals surface area contributed by atoms with Crippen LogP contribution in [0.25, 0.3) is 0 Å². The summed E-state index contributed by atoms with van der Waals surface area (Å²) in [4.78, 5) is 0. The van der Waals surface area contributed by atoms with Crippen molar-refractivity contribution in [3.63, 3.8) is 0 Å².